The van der Waals surface area contributed by atoms with Crippen molar-refractivity contribution in [1.29, 1.82) is 0 Å². The number of carbonyl (C=O) groups is 2. The van der Waals surface area contributed by atoms with Crippen LogP contribution in [0.2, 0.25) is 0 Å². The maximum absolute atomic E-state index is 11.9. The molecule has 0 fully saturated rings. The summed E-state index contributed by atoms with van der Waals surface area (Å²) < 4.78 is 4.97. The number of hydrogen-bond acceptors (Lipinski definition) is 4. The summed E-state index contributed by atoms with van der Waals surface area (Å²) in [4.78, 5) is 23.9. The van der Waals surface area contributed by atoms with Crippen LogP contribution >= 0.6 is 0 Å². The van der Waals surface area contributed by atoms with Gasteiger partial charge < -0.3 is 9.52 Å². The Labute approximate surface area is 90.1 Å². The summed E-state index contributed by atoms with van der Waals surface area (Å²) in [6, 6.07) is 5.89. The van der Waals surface area contributed by atoms with Crippen molar-refractivity contribution in [1.82, 2.24) is 0 Å². The standard InChI is InChI=1S/C12H6O4/c13-8-3-1-2-6-9(8)11(15)12-7(10(6)14)4-5-16-12/h1-5,13H. The van der Waals surface area contributed by atoms with Crippen molar-refractivity contribution >= 4 is 11.6 Å². The lowest BCUT2D eigenvalue weighted by Crippen LogP contribution is -2.19. The maximum atomic E-state index is 11.9. The van der Waals surface area contributed by atoms with Crippen LogP contribution in [0.4, 0.5) is 0 Å². The first-order chi connectivity index (χ1) is 7.70. The molecule has 0 saturated heterocycles. The summed E-state index contributed by atoms with van der Waals surface area (Å²) in [5.74, 6) is -0.946. The van der Waals surface area contributed by atoms with E-state index >= 15 is 0 Å². The molecule has 3 rings (SSSR count). The Bertz CT molecular complexity index is 622. The highest BCUT2D eigenvalue weighted by Crippen LogP contribution is 2.32. The zero-order valence-corrected chi connectivity index (χ0v) is 8.06. The number of aromatic hydroxyl groups is 1. The summed E-state index contributed by atoms with van der Waals surface area (Å²) in [5.41, 5.74) is 0.497. The van der Waals surface area contributed by atoms with Gasteiger partial charge >= 0.3 is 0 Å². The molecule has 0 unspecified atom stereocenters. The molecule has 1 aromatic heterocycles. The van der Waals surface area contributed by atoms with E-state index in [4.69, 9.17) is 4.42 Å². The lowest BCUT2D eigenvalue weighted by Gasteiger charge is -2.13. The zero-order chi connectivity index (χ0) is 11.3. The van der Waals surface area contributed by atoms with Crippen LogP contribution < -0.4 is 0 Å². The van der Waals surface area contributed by atoms with Crippen LogP contribution in [-0.4, -0.2) is 16.7 Å². The minimum Gasteiger partial charge on any atom is -0.507 e. The Balaban J connectivity index is 2.38. The van der Waals surface area contributed by atoms with E-state index in [0.29, 0.717) is 0 Å². The van der Waals surface area contributed by atoms with E-state index in [2.05, 4.69) is 0 Å². The van der Waals surface area contributed by atoms with Crippen LogP contribution in [0.1, 0.15) is 32.0 Å². The number of rotatable bonds is 0. The van der Waals surface area contributed by atoms with E-state index in [1.54, 1.807) is 0 Å². The summed E-state index contributed by atoms with van der Waals surface area (Å²) in [6.07, 6.45) is 1.30. The minimum absolute atomic E-state index is 0.000926. The fourth-order valence-electron chi connectivity index (χ4n) is 1.89. The molecule has 4 nitrogen and oxygen atoms in total. The van der Waals surface area contributed by atoms with Gasteiger partial charge in [-0.25, -0.2) is 0 Å². The fraction of sp³-hybridized carbons (Fsp3) is 0. The topological polar surface area (TPSA) is 67.5 Å². The second kappa shape index (κ2) is 2.82. The number of carbonyl (C=O) groups excluding carboxylic acids is 2. The number of benzene rings is 1. The Morgan fingerprint density at radius 3 is 2.62 bits per heavy atom. The number of phenols is 1. The molecule has 1 aliphatic rings. The van der Waals surface area contributed by atoms with E-state index in [1.165, 1.54) is 30.5 Å². The highest BCUT2D eigenvalue weighted by Gasteiger charge is 2.34. The van der Waals surface area contributed by atoms with Crippen molar-refractivity contribution in [3.05, 3.63) is 53.0 Å². The molecule has 0 spiro atoms. The molecule has 1 aromatic carbocycles. The second-order valence-corrected chi connectivity index (χ2v) is 3.52. The summed E-state index contributed by atoms with van der Waals surface area (Å²) in [5, 5.41) is 9.59. The number of phenolic OH excluding ortho intramolecular Hbond substituents is 1. The Hall–Kier alpha value is -2.36. The zero-order valence-electron chi connectivity index (χ0n) is 8.06. The highest BCUT2D eigenvalue weighted by molar-refractivity contribution is 6.28. The lowest BCUT2D eigenvalue weighted by atomic mass is 9.88. The smallest absolute Gasteiger partial charge is 0.233 e. The molecule has 0 radical (unpaired) electrons. The third-order valence-electron chi connectivity index (χ3n) is 2.63. The number of ketones is 2. The highest BCUT2D eigenvalue weighted by atomic mass is 16.3. The monoisotopic (exact) mass is 214 g/mol. The quantitative estimate of drug-likeness (QED) is 0.619. The number of hydrogen-bond donors (Lipinski definition) is 1. The van der Waals surface area contributed by atoms with Gasteiger partial charge in [-0.05, 0) is 12.1 Å². The van der Waals surface area contributed by atoms with Crippen LogP contribution in [0.3, 0.4) is 0 Å². The van der Waals surface area contributed by atoms with Crippen molar-refractivity contribution in [3.63, 3.8) is 0 Å². The predicted octanol–water partition coefficient (Wildman–Crippen LogP) is 1.76. The van der Waals surface area contributed by atoms with Crippen molar-refractivity contribution < 1.29 is 19.1 Å². The third-order valence-corrected chi connectivity index (χ3v) is 2.63. The van der Waals surface area contributed by atoms with Crippen LogP contribution in [0, 0.1) is 0 Å². The average molecular weight is 214 g/mol. The van der Waals surface area contributed by atoms with E-state index in [1.807, 2.05) is 0 Å². The van der Waals surface area contributed by atoms with Gasteiger partial charge in [0.05, 0.1) is 17.4 Å². The molecular weight excluding hydrogens is 208 g/mol. The van der Waals surface area contributed by atoms with E-state index in [0.717, 1.165) is 0 Å². The van der Waals surface area contributed by atoms with Gasteiger partial charge in [-0.1, -0.05) is 12.1 Å². The molecule has 1 N–H and O–H groups in total. The van der Waals surface area contributed by atoms with Gasteiger partial charge in [-0.2, -0.15) is 0 Å². The van der Waals surface area contributed by atoms with Crippen LogP contribution in [0.5, 0.6) is 5.75 Å². The lowest BCUT2D eigenvalue weighted by molar-refractivity contribution is 0.0957. The van der Waals surface area contributed by atoms with E-state index < -0.39 is 5.78 Å². The molecule has 0 atom stereocenters. The summed E-state index contributed by atoms with van der Waals surface area (Å²) in [6.45, 7) is 0. The van der Waals surface area contributed by atoms with Crippen molar-refractivity contribution in [3.8, 4) is 5.75 Å². The van der Waals surface area contributed by atoms with Gasteiger partial charge in [0.15, 0.2) is 11.5 Å². The first-order valence-corrected chi connectivity index (χ1v) is 4.69. The molecule has 16 heavy (non-hydrogen) atoms. The van der Waals surface area contributed by atoms with E-state index in [9.17, 15) is 14.7 Å². The maximum Gasteiger partial charge on any atom is 0.233 e. The average Bonchev–Trinajstić information content (AvgIpc) is 2.75. The van der Waals surface area contributed by atoms with Crippen molar-refractivity contribution in [2.45, 2.75) is 0 Å². The van der Waals surface area contributed by atoms with Gasteiger partial charge in [-0.15, -0.1) is 0 Å². The molecule has 0 saturated carbocycles. The van der Waals surface area contributed by atoms with Gasteiger partial charge in [0, 0.05) is 5.56 Å². The molecule has 0 aliphatic heterocycles. The van der Waals surface area contributed by atoms with Crippen LogP contribution in [-0.2, 0) is 0 Å². The Morgan fingerprint density at radius 1 is 1.00 bits per heavy atom. The Kier molecular flexibility index (Phi) is 1.57. The van der Waals surface area contributed by atoms with Crippen molar-refractivity contribution in [2.24, 2.45) is 0 Å². The van der Waals surface area contributed by atoms with Gasteiger partial charge in [-0.3, -0.25) is 9.59 Å². The number of fused-ring (bicyclic) bond motifs is 2. The first-order valence-electron chi connectivity index (χ1n) is 4.69. The van der Waals surface area contributed by atoms with Gasteiger partial charge in [0.1, 0.15) is 5.75 Å². The molecule has 0 amide bonds. The number of furan rings is 1. The molecule has 2 aromatic rings. The first kappa shape index (κ1) is 8.91. The van der Waals surface area contributed by atoms with Gasteiger partial charge in [0.25, 0.3) is 0 Å². The summed E-state index contributed by atoms with van der Waals surface area (Å²) >= 11 is 0. The van der Waals surface area contributed by atoms with E-state index in [-0.39, 0.29) is 34.0 Å². The SMILES string of the molecule is O=C1c2ccoc2C(=O)c2c(O)cccc21. The molecule has 1 heterocycles. The fourth-order valence-corrected chi connectivity index (χ4v) is 1.89. The van der Waals surface area contributed by atoms with Crippen molar-refractivity contribution in [2.75, 3.05) is 0 Å². The molecule has 4 heteroatoms. The summed E-state index contributed by atoms with van der Waals surface area (Å²) in [7, 11) is 0. The molecule has 1 aliphatic carbocycles. The van der Waals surface area contributed by atoms with Crippen LogP contribution in [0.25, 0.3) is 0 Å². The minimum atomic E-state index is -0.451. The predicted molar refractivity (Wildman–Crippen MR) is 53.7 cm³/mol. The third kappa shape index (κ3) is 0.930. The Morgan fingerprint density at radius 2 is 1.81 bits per heavy atom. The van der Waals surface area contributed by atoms with Crippen LogP contribution in [0.15, 0.2) is 34.9 Å². The molecule has 78 valence electrons. The normalized spacial score (nSPS) is 13.5. The van der Waals surface area contributed by atoms with Gasteiger partial charge in [0.2, 0.25) is 5.78 Å². The largest absolute Gasteiger partial charge is 0.507 e. The molecule has 0 bridgehead atoms. The second-order valence-electron chi connectivity index (χ2n) is 3.52. The molecular formula is C12H6O4.